The number of rotatable bonds is 1. The van der Waals surface area contributed by atoms with Gasteiger partial charge in [-0.15, -0.1) is 0 Å². The summed E-state index contributed by atoms with van der Waals surface area (Å²) in [5, 5.41) is 0.933. The molecule has 0 aliphatic heterocycles. The molecule has 0 saturated carbocycles. The maximum Gasteiger partial charge on any atom is 0.293 e. The van der Waals surface area contributed by atoms with Gasteiger partial charge in [-0.3, -0.25) is 4.79 Å². The molecular weight excluding hydrogens is 246 g/mol. The number of para-hydroxylation sites is 1. The molecular formula is C10H8BrNO2. The minimum Gasteiger partial charge on any atom is -0.462 e. The van der Waals surface area contributed by atoms with E-state index in [2.05, 4.69) is 15.9 Å². The Hall–Kier alpha value is -1.29. The Morgan fingerprint density at radius 3 is 2.86 bits per heavy atom. The van der Waals surface area contributed by atoms with Gasteiger partial charge in [-0.05, 0) is 12.1 Å². The van der Waals surface area contributed by atoms with Crippen molar-refractivity contribution in [3.63, 3.8) is 0 Å². The topological polar surface area (TPSA) is 33.5 Å². The van der Waals surface area contributed by atoms with Crippen molar-refractivity contribution in [2.75, 3.05) is 11.9 Å². The number of hydrogen-bond donors (Lipinski definition) is 0. The van der Waals surface area contributed by atoms with E-state index in [1.54, 1.807) is 13.3 Å². The number of carbonyl (C=O) groups is 1. The highest BCUT2D eigenvalue weighted by atomic mass is 79.9. The summed E-state index contributed by atoms with van der Waals surface area (Å²) in [6.45, 7) is 0. The van der Waals surface area contributed by atoms with Crippen molar-refractivity contribution in [3.8, 4) is 0 Å². The van der Waals surface area contributed by atoms with Gasteiger partial charge >= 0.3 is 0 Å². The van der Waals surface area contributed by atoms with Gasteiger partial charge in [-0.25, -0.2) is 0 Å². The number of furan rings is 1. The van der Waals surface area contributed by atoms with Crippen LogP contribution >= 0.6 is 15.9 Å². The Labute approximate surface area is 89.4 Å². The third-order valence-electron chi connectivity index (χ3n) is 2.09. The maximum absolute atomic E-state index is 11.1. The lowest BCUT2D eigenvalue weighted by Crippen LogP contribution is -2.18. The molecule has 0 aliphatic rings. The van der Waals surface area contributed by atoms with E-state index >= 15 is 0 Å². The molecule has 0 spiro atoms. The summed E-state index contributed by atoms with van der Waals surface area (Å²) >= 11 is 2.89. The molecule has 0 radical (unpaired) electrons. The van der Waals surface area contributed by atoms with E-state index < -0.39 is 0 Å². The van der Waals surface area contributed by atoms with Crippen LogP contribution in [-0.2, 0) is 0 Å². The van der Waals surface area contributed by atoms with Crippen LogP contribution in [0.2, 0.25) is 0 Å². The van der Waals surface area contributed by atoms with Gasteiger partial charge in [0.05, 0.1) is 5.69 Å². The van der Waals surface area contributed by atoms with Crippen molar-refractivity contribution >= 4 is 37.4 Å². The zero-order chi connectivity index (χ0) is 10.1. The Morgan fingerprint density at radius 1 is 1.43 bits per heavy atom. The van der Waals surface area contributed by atoms with E-state index in [0.29, 0.717) is 0 Å². The first kappa shape index (κ1) is 9.27. The van der Waals surface area contributed by atoms with Crippen LogP contribution in [0.15, 0.2) is 34.9 Å². The summed E-state index contributed by atoms with van der Waals surface area (Å²) in [5.41, 5.74) is 1.55. The summed E-state index contributed by atoms with van der Waals surface area (Å²) in [7, 11) is 1.69. The lowest BCUT2D eigenvalue weighted by Gasteiger charge is -2.10. The van der Waals surface area contributed by atoms with Gasteiger partial charge in [0.15, 0.2) is 0 Å². The molecule has 14 heavy (non-hydrogen) atoms. The third kappa shape index (κ3) is 1.42. The second kappa shape index (κ2) is 3.46. The molecule has 0 bridgehead atoms. The lowest BCUT2D eigenvalue weighted by atomic mass is 10.2. The van der Waals surface area contributed by atoms with Crippen LogP contribution in [0.4, 0.5) is 10.5 Å². The summed E-state index contributed by atoms with van der Waals surface area (Å²) in [6, 6.07) is 7.59. The molecule has 0 aliphatic carbocycles. The number of amides is 1. The highest BCUT2D eigenvalue weighted by Gasteiger charge is 2.12. The molecule has 1 aromatic carbocycles. The lowest BCUT2D eigenvalue weighted by molar-refractivity contribution is 0.267. The molecule has 1 heterocycles. The number of hydrogen-bond acceptors (Lipinski definition) is 2. The molecule has 4 heteroatoms. The van der Waals surface area contributed by atoms with Crippen molar-refractivity contribution in [2.24, 2.45) is 0 Å². The average Bonchev–Trinajstić information content (AvgIpc) is 2.60. The molecule has 2 rings (SSSR count). The first-order chi connectivity index (χ1) is 6.70. The molecule has 1 amide bonds. The van der Waals surface area contributed by atoms with Gasteiger partial charge in [-0.2, -0.15) is 0 Å². The van der Waals surface area contributed by atoms with Gasteiger partial charge in [-0.1, -0.05) is 12.1 Å². The van der Waals surface area contributed by atoms with Crippen molar-refractivity contribution in [2.45, 2.75) is 0 Å². The molecule has 2 aromatic rings. The zero-order valence-corrected chi connectivity index (χ0v) is 9.11. The number of benzene rings is 1. The van der Waals surface area contributed by atoms with E-state index in [1.165, 1.54) is 4.90 Å². The molecule has 0 N–H and O–H groups in total. The van der Waals surface area contributed by atoms with Gasteiger partial charge in [0, 0.05) is 28.4 Å². The fraction of sp³-hybridized carbons (Fsp3) is 0.100. The van der Waals surface area contributed by atoms with E-state index in [9.17, 15) is 4.79 Å². The maximum atomic E-state index is 11.1. The first-order valence-electron chi connectivity index (χ1n) is 4.09. The van der Waals surface area contributed by atoms with Gasteiger partial charge in [0.1, 0.15) is 11.8 Å². The molecule has 0 atom stereocenters. The van der Waals surface area contributed by atoms with Crippen LogP contribution in [-0.4, -0.2) is 11.9 Å². The van der Waals surface area contributed by atoms with E-state index in [4.69, 9.17) is 4.42 Å². The number of nitrogens with zero attached hydrogens (tertiary/aromatic N) is 1. The predicted molar refractivity (Wildman–Crippen MR) is 58.9 cm³/mol. The fourth-order valence-corrected chi connectivity index (χ4v) is 1.51. The van der Waals surface area contributed by atoms with Crippen molar-refractivity contribution in [3.05, 3.63) is 30.5 Å². The number of anilines is 1. The standard InChI is InChI=1S/C10H8BrNO2/c1-12(10(11)13)8-6-14-9-5-3-2-4-7(8)9/h2-6H,1H3. The summed E-state index contributed by atoms with van der Waals surface area (Å²) in [6.07, 6.45) is 1.57. The Bertz CT molecular complexity index is 478. The average molecular weight is 254 g/mol. The Balaban J connectivity index is 2.58. The first-order valence-corrected chi connectivity index (χ1v) is 4.89. The van der Waals surface area contributed by atoms with Crippen molar-refractivity contribution in [1.82, 2.24) is 0 Å². The SMILES string of the molecule is CN(C(=O)Br)c1coc2ccccc12. The Morgan fingerprint density at radius 2 is 2.14 bits per heavy atom. The normalized spacial score (nSPS) is 10.4. The van der Waals surface area contributed by atoms with E-state index in [-0.39, 0.29) is 4.82 Å². The molecule has 1 aromatic heterocycles. The van der Waals surface area contributed by atoms with E-state index in [0.717, 1.165) is 16.7 Å². The zero-order valence-electron chi connectivity index (χ0n) is 7.53. The number of carbonyl (C=O) groups excluding carboxylic acids is 1. The number of fused-ring (bicyclic) bond motifs is 1. The minimum absolute atomic E-state index is 0.191. The Kier molecular flexibility index (Phi) is 2.29. The molecule has 0 fully saturated rings. The van der Waals surface area contributed by atoms with E-state index in [1.807, 2.05) is 24.3 Å². The highest BCUT2D eigenvalue weighted by molar-refractivity contribution is 9.18. The quantitative estimate of drug-likeness (QED) is 0.577. The summed E-state index contributed by atoms with van der Waals surface area (Å²) < 4.78 is 5.31. The molecule has 72 valence electrons. The fourth-order valence-electron chi connectivity index (χ4n) is 1.32. The number of halogens is 1. The van der Waals surface area contributed by atoms with Crippen LogP contribution in [0.1, 0.15) is 0 Å². The van der Waals surface area contributed by atoms with Crippen molar-refractivity contribution in [1.29, 1.82) is 0 Å². The smallest absolute Gasteiger partial charge is 0.293 e. The van der Waals surface area contributed by atoms with Gasteiger partial charge in [0.25, 0.3) is 4.82 Å². The molecule has 3 nitrogen and oxygen atoms in total. The monoisotopic (exact) mass is 253 g/mol. The van der Waals surface area contributed by atoms with Crippen LogP contribution < -0.4 is 4.90 Å². The highest BCUT2D eigenvalue weighted by Crippen LogP contribution is 2.28. The van der Waals surface area contributed by atoms with Crippen LogP contribution in [0.3, 0.4) is 0 Å². The summed E-state index contributed by atoms with van der Waals surface area (Å²) in [4.78, 5) is 12.4. The predicted octanol–water partition coefficient (Wildman–Crippen LogP) is 3.38. The molecule has 0 saturated heterocycles. The summed E-state index contributed by atoms with van der Waals surface area (Å²) in [5.74, 6) is 0. The van der Waals surface area contributed by atoms with Crippen molar-refractivity contribution < 1.29 is 9.21 Å². The van der Waals surface area contributed by atoms with Gasteiger partial charge < -0.3 is 9.32 Å². The third-order valence-corrected chi connectivity index (χ3v) is 2.62. The molecule has 0 unspecified atom stereocenters. The second-order valence-electron chi connectivity index (χ2n) is 2.93. The minimum atomic E-state index is -0.191. The van der Waals surface area contributed by atoms with Crippen LogP contribution in [0.25, 0.3) is 11.0 Å². The van der Waals surface area contributed by atoms with Gasteiger partial charge in [0.2, 0.25) is 0 Å². The van der Waals surface area contributed by atoms with Crippen LogP contribution in [0.5, 0.6) is 0 Å². The largest absolute Gasteiger partial charge is 0.462 e. The second-order valence-corrected chi connectivity index (χ2v) is 3.61. The van der Waals surface area contributed by atoms with Crippen LogP contribution in [0, 0.1) is 0 Å².